The lowest BCUT2D eigenvalue weighted by atomic mass is 10.1. The number of carbonyl (C=O) groups excluding carboxylic acids is 2. The first-order chi connectivity index (χ1) is 14.0. The van der Waals surface area contributed by atoms with Crippen LogP contribution in [0.1, 0.15) is 26.9 Å². The molecule has 1 heterocycles. The molecule has 0 spiro atoms. The van der Waals surface area contributed by atoms with Crippen LogP contribution < -0.4 is 10.2 Å². The van der Waals surface area contributed by atoms with Crippen LogP contribution in [0.4, 0.5) is 15.8 Å². The lowest BCUT2D eigenvalue weighted by Gasteiger charge is -2.26. The number of hydrogen-bond acceptors (Lipinski definition) is 3. The van der Waals surface area contributed by atoms with Crippen LogP contribution in [0.2, 0.25) is 0 Å². The average molecular weight is 406 g/mol. The Morgan fingerprint density at radius 3 is 2.41 bits per heavy atom. The van der Waals surface area contributed by atoms with Crippen LogP contribution >= 0.6 is 11.8 Å². The number of nitrogens with zero attached hydrogens (tertiary/aromatic N) is 1. The van der Waals surface area contributed by atoms with Crippen molar-refractivity contribution in [1.29, 1.82) is 0 Å². The third kappa shape index (κ3) is 4.03. The molecule has 29 heavy (non-hydrogen) atoms. The minimum atomic E-state index is -0.382. The summed E-state index contributed by atoms with van der Waals surface area (Å²) in [5.41, 5.74) is 3.99. The molecule has 1 aliphatic rings. The van der Waals surface area contributed by atoms with Crippen molar-refractivity contribution in [1.82, 2.24) is 0 Å². The maximum absolute atomic E-state index is 13.0. The molecule has 1 atom stereocenters. The Kier molecular flexibility index (Phi) is 5.36. The van der Waals surface area contributed by atoms with Crippen molar-refractivity contribution in [3.63, 3.8) is 0 Å². The maximum Gasteiger partial charge on any atom is 0.255 e. The highest BCUT2D eigenvalue weighted by molar-refractivity contribution is 8.00. The van der Waals surface area contributed by atoms with Gasteiger partial charge in [0.25, 0.3) is 5.91 Å². The van der Waals surface area contributed by atoms with Crippen LogP contribution in [0.3, 0.4) is 0 Å². The number of halogens is 1. The second-order valence-corrected chi connectivity index (χ2v) is 7.87. The molecule has 1 fully saturated rings. The van der Waals surface area contributed by atoms with E-state index in [0.717, 1.165) is 16.8 Å². The lowest BCUT2D eigenvalue weighted by molar-refractivity contribution is -0.115. The first-order valence-electron chi connectivity index (χ1n) is 9.19. The highest BCUT2D eigenvalue weighted by atomic mass is 32.2. The van der Waals surface area contributed by atoms with E-state index in [1.807, 2.05) is 60.4 Å². The third-order valence-corrected chi connectivity index (χ3v) is 6.02. The smallest absolute Gasteiger partial charge is 0.255 e. The number of rotatable bonds is 4. The van der Waals surface area contributed by atoms with Crippen molar-refractivity contribution < 1.29 is 14.0 Å². The highest BCUT2D eigenvalue weighted by Gasteiger charge is 2.34. The Labute approximate surface area is 172 Å². The van der Waals surface area contributed by atoms with Gasteiger partial charge in [0.2, 0.25) is 5.91 Å². The number of nitrogens with one attached hydrogen (secondary N) is 1. The van der Waals surface area contributed by atoms with Crippen LogP contribution in [0.5, 0.6) is 0 Å². The van der Waals surface area contributed by atoms with Gasteiger partial charge in [0.1, 0.15) is 11.2 Å². The SMILES string of the molecule is Cc1ccccc1N1C(=O)CS[C@@H]1c1ccc(NC(=O)c2ccc(F)cc2)cc1. The van der Waals surface area contributed by atoms with E-state index in [0.29, 0.717) is 17.0 Å². The predicted molar refractivity (Wildman–Crippen MR) is 115 cm³/mol. The van der Waals surface area contributed by atoms with Crippen LogP contribution in [-0.4, -0.2) is 17.6 Å². The Hall–Kier alpha value is -3.12. The van der Waals surface area contributed by atoms with Crippen molar-refractivity contribution in [2.75, 3.05) is 16.0 Å². The van der Waals surface area contributed by atoms with Gasteiger partial charge in [-0.15, -0.1) is 11.8 Å². The van der Waals surface area contributed by atoms with E-state index in [1.54, 1.807) is 11.8 Å². The van der Waals surface area contributed by atoms with E-state index in [1.165, 1.54) is 24.3 Å². The van der Waals surface area contributed by atoms with E-state index in [9.17, 15) is 14.0 Å². The van der Waals surface area contributed by atoms with Gasteiger partial charge in [-0.3, -0.25) is 14.5 Å². The Morgan fingerprint density at radius 2 is 1.72 bits per heavy atom. The predicted octanol–water partition coefficient (Wildman–Crippen LogP) is 5.17. The molecule has 3 aromatic rings. The zero-order valence-electron chi connectivity index (χ0n) is 15.8. The Morgan fingerprint density at radius 1 is 1.03 bits per heavy atom. The maximum atomic E-state index is 13.0. The van der Waals surface area contributed by atoms with Crippen molar-refractivity contribution in [3.05, 3.63) is 95.3 Å². The van der Waals surface area contributed by atoms with Crippen LogP contribution in [0.15, 0.2) is 72.8 Å². The first-order valence-corrected chi connectivity index (χ1v) is 10.2. The molecule has 4 nitrogen and oxygen atoms in total. The summed E-state index contributed by atoms with van der Waals surface area (Å²) in [5, 5.41) is 2.70. The first kappa shape index (κ1) is 19.2. The number of carbonyl (C=O) groups is 2. The normalized spacial score (nSPS) is 16.1. The number of thioether (sulfide) groups is 1. The number of aryl methyl sites for hydroxylation is 1. The number of para-hydroxylation sites is 1. The molecular weight excluding hydrogens is 387 g/mol. The van der Waals surface area contributed by atoms with E-state index in [2.05, 4.69) is 5.32 Å². The van der Waals surface area contributed by atoms with Crippen LogP contribution in [0, 0.1) is 12.7 Å². The van der Waals surface area contributed by atoms with Gasteiger partial charge in [0.15, 0.2) is 0 Å². The van der Waals surface area contributed by atoms with Gasteiger partial charge < -0.3 is 5.32 Å². The van der Waals surface area contributed by atoms with Crippen molar-refractivity contribution in [2.45, 2.75) is 12.3 Å². The summed E-state index contributed by atoms with van der Waals surface area (Å²) in [6, 6.07) is 20.7. The van der Waals surface area contributed by atoms with E-state index < -0.39 is 0 Å². The summed E-state index contributed by atoms with van der Waals surface area (Å²) in [6.07, 6.45) is 0. The summed E-state index contributed by atoms with van der Waals surface area (Å²) < 4.78 is 13.0. The fraction of sp³-hybridized carbons (Fsp3) is 0.130. The van der Waals surface area contributed by atoms with E-state index in [4.69, 9.17) is 0 Å². The van der Waals surface area contributed by atoms with Gasteiger partial charge >= 0.3 is 0 Å². The molecule has 1 aliphatic heterocycles. The molecule has 0 radical (unpaired) electrons. The van der Waals surface area contributed by atoms with E-state index in [-0.39, 0.29) is 23.0 Å². The largest absolute Gasteiger partial charge is 0.322 e. The summed E-state index contributed by atoms with van der Waals surface area (Å²) in [6.45, 7) is 2.00. The van der Waals surface area contributed by atoms with Gasteiger partial charge in [0, 0.05) is 16.9 Å². The Bertz CT molecular complexity index is 1050. The number of benzene rings is 3. The monoisotopic (exact) mass is 406 g/mol. The molecule has 3 aromatic carbocycles. The summed E-state index contributed by atoms with van der Waals surface area (Å²) >= 11 is 1.59. The Balaban J connectivity index is 1.52. The fourth-order valence-corrected chi connectivity index (χ4v) is 4.47. The molecule has 0 aromatic heterocycles. The van der Waals surface area contributed by atoms with Gasteiger partial charge in [-0.25, -0.2) is 4.39 Å². The molecule has 146 valence electrons. The fourth-order valence-electron chi connectivity index (χ4n) is 3.30. The minimum absolute atomic E-state index is 0.0861. The molecule has 0 unspecified atom stereocenters. The average Bonchev–Trinajstić information content (AvgIpc) is 3.10. The molecule has 0 aliphatic carbocycles. The second kappa shape index (κ2) is 8.09. The van der Waals surface area contributed by atoms with Gasteiger partial charge in [-0.05, 0) is 60.5 Å². The molecule has 4 rings (SSSR count). The lowest BCUT2D eigenvalue weighted by Crippen LogP contribution is -2.28. The van der Waals surface area contributed by atoms with Gasteiger partial charge in [-0.2, -0.15) is 0 Å². The van der Waals surface area contributed by atoms with Crippen molar-refractivity contribution in [2.24, 2.45) is 0 Å². The molecule has 2 amide bonds. The third-order valence-electron chi connectivity index (χ3n) is 4.80. The van der Waals surface area contributed by atoms with Crippen LogP contribution in [-0.2, 0) is 4.79 Å². The number of anilines is 2. The quantitative estimate of drug-likeness (QED) is 0.651. The number of hydrogen-bond donors (Lipinski definition) is 1. The summed E-state index contributed by atoms with van der Waals surface area (Å²) in [4.78, 5) is 26.7. The zero-order chi connectivity index (χ0) is 20.4. The summed E-state index contributed by atoms with van der Waals surface area (Å²) in [7, 11) is 0. The standard InChI is InChI=1S/C23H19FN2O2S/c1-15-4-2-3-5-20(15)26-21(27)14-29-23(26)17-8-12-19(13-9-17)25-22(28)16-6-10-18(24)11-7-16/h2-13,23H,14H2,1H3,(H,25,28)/t23-/m1/s1. The zero-order valence-corrected chi connectivity index (χ0v) is 16.6. The summed E-state index contributed by atoms with van der Waals surface area (Å²) in [5.74, 6) is -0.164. The minimum Gasteiger partial charge on any atom is -0.322 e. The van der Waals surface area contributed by atoms with E-state index >= 15 is 0 Å². The van der Waals surface area contributed by atoms with Crippen molar-refractivity contribution in [3.8, 4) is 0 Å². The number of amides is 2. The second-order valence-electron chi connectivity index (χ2n) is 6.80. The molecule has 0 saturated carbocycles. The molecular formula is C23H19FN2O2S. The molecule has 1 N–H and O–H groups in total. The van der Waals surface area contributed by atoms with Crippen molar-refractivity contribution >= 4 is 35.0 Å². The molecule has 0 bridgehead atoms. The van der Waals surface area contributed by atoms with Gasteiger partial charge in [-0.1, -0.05) is 30.3 Å². The molecule has 1 saturated heterocycles. The topological polar surface area (TPSA) is 49.4 Å². The van der Waals surface area contributed by atoms with Gasteiger partial charge in [0.05, 0.1) is 5.75 Å². The van der Waals surface area contributed by atoms with Crippen LogP contribution in [0.25, 0.3) is 0 Å². The molecule has 6 heteroatoms. The highest BCUT2D eigenvalue weighted by Crippen LogP contribution is 2.42.